The highest BCUT2D eigenvalue weighted by molar-refractivity contribution is 7.99. The Bertz CT molecular complexity index is 1160. The number of rotatable bonds is 6. The molecule has 0 fully saturated rings. The van der Waals surface area contributed by atoms with Crippen LogP contribution in [0.15, 0.2) is 40.3 Å². The Kier molecular flexibility index (Phi) is 6.40. The number of hydrogen-bond donors (Lipinski definition) is 0. The summed E-state index contributed by atoms with van der Waals surface area (Å²) in [6.45, 7) is 9.26. The predicted octanol–water partition coefficient (Wildman–Crippen LogP) is 5.73. The van der Waals surface area contributed by atoms with Crippen LogP contribution in [0.1, 0.15) is 56.5 Å². The molecule has 1 aromatic carbocycles. The van der Waals surface area contributed by atoms with E-state index >= 15 is 0 Å². The van der Waals surface area contributed by atoms with Crippen LogP contribution in [0.2, 0.25) is 0 Å². The van der Waals surface area contributed by atoms with Crippen LogP contribution in [0.25, 0.3) is 10.2 Å². The van der Waals surface area contributed by atoms with E-state index in [1.807, 2.05) is 37.3 Å². The second-order valence-corrected chi connectivity index (χ2v) is 11.5. The first kappa shape index (κ1) is 22.3. The molecule has 0 unspecified atom stereocenters. The zero-order valence-corrected chi connectivity index (χ0v) is 20.4. The fraction of sp³-hybridized carbons (Fsp3) is 0.480. The van der Waals surface area contributed by atoms with Crippen LogP contribution in [0.3, 0.4) is 0 Å². The maximum Gasteiger partial charge on any atom is 0.263 e. The third kappa shape index (κ3) is 4.65. The van der Waals surface area contributed by atoms with Gasteiger partial charge in [-0.3, -0.25) is 14.2 Å². The summed E-state index contributed by atoms with van der Waals surface area (Å²) in [4.78, 5) is 32.7. The van der Waals surface area contributed by atoms with Gasteiger partial charge in [-0.2, -0.15) is 0 Å². The third-order valence-electron chi connectivity index (χ3n) is 6.30. The molecule has 1 aliphatic carbocycles. The highest BCUT2D eigenvalue weighted by Gasteiger charge is 2.32. The predicted molar refractivity (Wildman–Crippen MR) is 130 cm³/mol. The topological polar surface area (TPSA) is 52.0 Å². The number of nitrogens with zero attached hydrogens (tertiary/aromatic N) is 2. The van der Waals surface area contributed by atoms with E-state index in [-0.39, 0.29) is 16.8 Å². The van der Waals surface area contributed by atoms with E-state index in [4.69, 9.17) is 4.98 Å². The van der Waals surface area contributed by atoms with Gasteiger partial charge < -0.3 is 0 Å². The van der Waals surface area contributed by atoms with Crippen molar-refractivity contribution in [2.24, 2.45) is 11.3 Å². The van der Waals surface area contributed by atoms with Crippen LogP contribution in [0.4, 0.5) is 0 Å². The van der Waals surface area contributed by atoms with Crippen LogP contribution < -0.4 is 5.56 Å². The van der Waals surface area contributed by atoms with Gasteiger partial charge in [0.1, 0.15) is 10.6 Å². The molecule has 0 bridgehead atoms. The number of aryl methyl sites for hydroxylation is 1. The van der Waals surface area contributed by atoms with E-state index in [1.54, 1.807) is 15.9 Å². The number of thioether (sulfide) groups is 1. The Morgan fingerprint density at radius 1 is 1.26 bits per heavy atom. The van der Waals surface area contributed by atoms with Gasteiger partial charge in [0.05, 0.1) is 17.7 Å². The molecule has 3 aromatic rings. The molecule has 0 amide bonds. The summed E-state index contributed by atoms with van der Waals surface area (Å²) < 4.78 is 1.77. The van der Waals surface area contributed by atoms with E-state index in [9.17, 15) is 9.59 Å². The number of aromatic nitrogens is 2. The van der Waals surface area contributed by atoms with Crippen molar-refractivity contribution in [1.82, 2.24) is 9.55 Å². The zero-order valence-electron chi connectivity index (χ0n) is 18.7. The number of Topliss-reactive ketones (excluding diaryl/α,β-unsaturated/α-hetero) is 1. The molecular formula is C25H30N2O2S2. The molecule has 0 N–H and O–H groups in total. The van der Waals surface area contributed by atoms with Crippen LogP contribution in [0.5, 0.6) is 0 Å². The summed E-state index contributed by atoms with van der Waals surface area (Å²) in [5.41, 5.74) is 2.57. The Hall–Kier alpha value is -1.92. The number of ketones is 1. The Morgan fingerprint density at radius 3 is 2.68 bits per heavy atom. The van der Waals surface area contributed by atoms with Crippen molar-refractivity contribution >= 4 is 39.1 Å². The molecule has 1 atom stereocenters. The van der Waals surface area contributed by atoms with Gasteiger partial charge in [0, 0.05) is 11.3 Å². The van der Waals surface area contributed by atoms with Gasteiger partial charge in [-0.05, 0) is 41.7 Å². The second-order valence-electron chi connectivity index (χ2n) is 9.44. The van der Waals surface area contributed by atoms with Crippen LogP contribution >= 0.6 is 23.1 Å². The van der Waals surface area contributed by atoms with E-state index in [2.05, 4.69) is 20.8 Å². The summed E-state index contributed by atoms with van der Waals surface area (Å²) >= 11 is 3.07. The first-order chi connectivity index (χ1) is 14.8. The van der Waals surface area contributed by atoms with Gasteiger partial charge >= 0.3 is 0 Å². The lowest BCUT2D eigenvalue weighted by molar-refractivity contribution is -0.116. The van der Waals surface area contributed by atoms with Crippen molar-refractivity contribution in [2.45, 2.75) is 65.1 Å². The molecule has 2 aromatic heterocycles. The van der Waals surface area contributed by atoms with Gasteiger partial charge in [0.25, 0.3) is 5.56 Å². The average molecular weight is 455 g/mol. The van der Waals surface area contributed by atoms with Crippen molar-refractivity contribution in [2.75, 3.05) is 5.75 Å². The largest absolute Gasteiger partial charge is 0.299 e. The van der Waals surface area contributed by atoms with Crippen LogP contribution in [-0.4, -0.2) is 21.1 Å². The van der Waals surface area contributed by atoms with Gasteiger partial charge in [-0.1, -0.05) is 69.8 Å². The van der Waals surface area contributed by atoms with Crippen molar-refractivity contribution < 1.29 is 4.79 Å². The van der Waals surface area contributed by atoms with E-state index < -0.39 is 0 Å². The molecule has 0 spiro atoms. The Labute approximate surface area is 192 Å². The number of carbonyl (C=O) groups excluding carboxylic acids is 1. The summed E-state index contributed by atoms with van der Waals surface area (Å²) in [7, 11) is 0. The quantitative estimate of drug-likeness (QED) is 0.353. The summed E-state index contributed by atoms with van der Waals surface area (Å²) in [6.07, 6.45) is 3.58. The first-order valence-electron chi connectivity index (χ1n) is 11.0. The van der Waals surface area contributed by atoms with Gasteiger partial charge in [0.2, 0.25) is 0 Å². The second kappa shape index (κ2) is 8.91. The SMILES string of the molecule is CCC(=O)CSc1nc2sc3c(c2c(=O)n1Cc1ccccc1)CC[C@@H](C(C)(C)C)C3. The molecule has 4 nitrogen and oxygen atoms in total. The van der Waals surface area contributed by atoms with Crippen LogP contribution in [0, 0.1) is 11.3 Å². The fourth-order valence-electron chi connectivity index (χ4n) is 4.24. The van der Waals surface area contributed by atoms with Gasteiger partial charge in [0.15, 0.2) is 5.16 Å². The lowest BCUT2D eigenvalue weighted by atomic mass is 9.72. The molecule has 164 valence electrons. The Morgan fingerprint density at radius 2 is 2.00 bits per heavy atom. The minimum Gasteiger partial charge on any atom is -0.299 e. The molecule has 2 heterocycles. The molecule has 0 radical (unpaired) electrons. The molecule has 31 heavy (non-hydrogen) atoms. The zero-order chi connectivity index (χ0) is 22.2. The standard InChI is InChI=1S/C25H30N2O2S2/c1-5-18(28)15-30-24-26-22-21(23(29)27(24)14-16-9-7-6-8-10-16)19-12-11-17(25(2,3)4)13-20(19)31-22/h6-10,17H,5,11-15H2,1-4H3/t17-/m1/s1. The average Bonchev–Trinajstić information content (AvgIpc) is 3.12. The van der Waals surface area contributed by atoms with E-state index in [0.717, 1.165) is 35.0 Å². The maximum absolute atomic E-state index is 13.7. The maximum atomic E-state index is 13.7. The van der Waals surface area contributed by atoms with E-state index in [0.29, 0.717) is 29.8 Å². The Balaban J connectivity index is 1.80. The molecule has 0 saturated carbocycles. The third-order valence-corrected chi connectivity index (χ3v) is 8.48. The number of thiophene rings is 1. The highest BCUT2D eigenvalue weighted by Crippen LogP contribution is 2.42. The molecule has 0 aliphatic heterocycles. The van der Waals surface area contributed by atoms with Crippen molar-refractivity contribution in [3.05, 3.63) is 56.7 Å². The summed E-state index contributed by atoms with van der Waals surface area (Å²) in [5.74, 6) is 1.14. The van der Waals surface area contributed by atoms with E-state index in [1.165, 1.54) is 22.2 Å². The molecule has 4 rings (SSSR count). The monoisotopic (exact) mass is 454 g/mol. The normalized spacial score (nSPS) is 16.5. The highest BCUT2D eigenvalue weighted by atomic mass is 32.2. The summed E-state index contributed by atoms with van der Waals surface area (Å²) in [6, 6.07) is 10.0. The lowest BCUT2D eigenvalue weighted by Gasteiger charge is -2.33. The molecule has 0 saturated heterocycles. The van der Waals surface area contributed by atoms with Gasteiger partial charge in [-0.15, -0.1) is 11.3 Å². The first-order valence-corrected chi connectivity index (χ1v) is 12.8. The molecule has 6 heteroatoms. The van der Waals surface area contributed by atoms with Crippen molar-refractivity contribution in [3.63, 3.8) is 0 Å². The lowest BCUT2D eigenvalue weighted by Crippen LogP contribution is -2.27. The summed E-state index contributed by atoms with van der Waals surface area (Å²) in [5, 5.41) is 1.45. The smallest absolute Gasteiger partial charge is 0.263 e. The number of carbonyl (C=O) groups is 1. The minimum atomic E-state index is 0.0343. The fourth-order valence-corrected chi connectivity index (χ4v) is 6.54. The molecule has 1 aliphatic rings. The van der Waals surface area contributed by atoms with Gasteiger partial charge in [-0.25, -0.2) is 4.98 Å². The number of hydrogen-bond acceptors (Lipinski definition) is 5. The number of benzene rings is 1. The minimum absolute atomic E-state index is 0.0343. The van der Waals surface area contributed by atoms with Crippen LogP contribution in [-0.2, 0) is 24.2 Å². The van der Waals surface area contributed by atoms with Crippen molar-refractivity contribution in [1.29, 1.82) is 0 Å². The molecular weight excluding hydrogens is 424 g/mol. The van der Waals surface area contributed by atoms with Crippen molar-refractivity contribution in [3.8, 4) is 0 Å². The number of fused-ring (bicyclic) bond motifs is 3.